The van der Waals surface area contributed by atoms with Gasteiger partial charge >= 0.3 is 7.69 Å². The van der Waals surface area contributed by atoms with Gasteiger partial charge in [0.15, 0.2) is 0 Å². The number of benzene rings is 2. The van der Waals surface area contributed by atoms with Crippen LogP contribution in [0, 0.1) is 0 Å². The molecule has 1 amide bonds. The number of amides is 1. The summed E-state index contributed by atoms with van der Waals surface area (Å²) in [6.07, 6.45) is 6.17. The van der Waals surface area contributed by atoms with Crippen LogP contribution in [0.25, 0.3) is 38.2 Å². The molecule has 2 aromatic carbocycles. The van der Waals surface area contributed by atoms with Gasteiger partial charge in [0.05, 0.1) is 0 Å². The van der Waals surface area contributed by atoms with E-state index in [-0.39, 0.29) is 5.91 Å². The van der Waals surface area contributed by atoms with Gasteiger partial charge in [-0.2, -0.15) is 0 Å². The Labute approximate surface area is 238 Å². The van der Waals surface area contributed by atoms with E-state index in [2.05, 4.69) is 46.6 Å². The van der Waals surface area contributed by atoms with Gasteiger partial charge in [0.1, 0.15) is 11.5 Å². The smallest absolute Gasteiger partial charge is 0.430 e. The fraction of sp³-hybridized carbons (Fsp3) is 0.200. The Balaban J connectivity index is 0.00000118. The third-order valence-corrected chi connectivity index (χ3v) is 7.87. The highest BCUT2D eigenvalue weighted by Gasteiger charge is 2.15. The molecule has 40 heavy (non-hydrogen) atoms. The van der Waals surface area contributed by atoms with Gasteiger partial charge in [-0.05, 0) is 48.3 Å². The number of para-hydroxylation sites is 1. The number of nitrogens with two attached hydrogens (primary N) is 1. The molecule has 3 heterocycles. The SMILES string of the molecule is CCN(CC)CC=Cc1cnc(N)c2c(-c3ccc(NC(=O)c4cc5ccccc5n4C)cc3)csc12.OBO. The lowest BCUT2D eigenvalue weighted by Gasteiger charge is -2.14. The largest absolute Gasteiger partial charge is 0.432 e. The average molecular weight is 556 g/mol. The van der Waals surface area contributed by atoms with Crippen molar-refractivity contribution in [2.75, 3.05) is 30.7 Å². The highest BCUT2D eigenvalue weighted by atomic mass is 32.1. The van der Waals surface area contributed by atoms with Crippen LogP contribution in [0.15, 0.2) is 72.3 Å². The second-order valence-electron chi connectivity index (χ2n) is 9.16. The first kappa shape index (κ1) is 29.0. The molecule has 0 aliphatic heterocycles. The molecule has 8 nitrogen and oxygen atoms in total. The molecule has 0 saturated carbocycles. The maximum atomic E-state index is 13.0. The van der Waals surface area contributed by atoms with Gasteiger partial charge in [-0.3, -0.25) is 4.79 Å². The van der Waals surface area contributed by atoms with Crippen LogP contribution in [0.2, 0.25) is 0 Å². The topological polar surface area (TPSA) is 117 Å². The monoisotopic (exact) mass is 555 g/mol. The van der Waals surface area contributed by atoms with Crippen molar-refractivity contribution >= 4 is 63.5 Å². The number of nitrogens with zero attached hydrogens (tertiary/aromatic N) is 3. The van der Waals surface area contributed by atoms with E-state index in [4.69, 9.17) is 15.8 Å². The highest BCUT2D eigenvalue weighted by Crippen LogP contribution is 2.39. The molecule has 5 N–H and O–H groups in total. The van der Waals surface area contributed by atoms with Gasteiger partial charge in [-0.15, -0.1) is 11.3 Å². The zero-order chi connectivity index (χ0) is 28.6. The number of carbonyl (C=O) groups is 1. The second-order valence-corrected chi connectivity index (χ2v) is 10.0. The molecule has 0 fully saturated rings. The van der Waals surface area contributed by atoms with Crippen molar-refractivity contribution in [3.8, 4) is 11.1 Å². The number of hydrogen-bond donors (Lipinski definition) is 4. The zero-order valence-corrected chi connectivity index (χ0v) is 23.8. The summed E-state index contributed by atoms with van der Waals surface area (Å²) in [5, 5.41) is 21.4. The van der Waals surface area contributed by atoms with E-state index in [0.29, 0.717) is 11.5 Å². The standard InChI is InChI=1S/C30H31N5OS.BH3O2/c1-4-35(5-2)16-8-10-22-18-32-29(31)27-24(19-37-28(22)27)20-12-14-23(15-13-20)33-30(36)26-17-21-9-6-7-11-25(21)34(26)3;2-1-3/h6-15,17-19H,4-5,16H2,1-3H3,(H2,31,32)(H,33,36);1-3H. The Morgan fingerprint density at radius 3 is 2.52 bits per heavy atom. The highest BCUT2D eigenvalue weighted by molar-refractivity contribution is 7.18. The number of fused-ring (bicyclic) bond motifs is 2. The minimum Gasteiger partial charge on any atom is -0.430 e. The second kappa shape index (κ2) is 13.4. The molecule has 0 aliphatic carbocycles. The van der Waals surface area contributed by atoms with E-state index in [9.17, 15) is 4.79 Å². The van der Waals surface area contributed by atoms with Crippen LogP contribution in [0.1, 0.15) is 29.9 Å². The molecule has 0 atom stereocenters. The molecule has 5 aromatic rings. The van der Waals surface area contributed by atoms with Gasteiger partial charge in [-0.25, -0.2) is 4.98 Å². The van der Waals surface area contributed by atoms with Crippen LogP contribution in [-0.4, -0.2) is 57.7 Å². The molecule has 3 aromatic heterocycles. The Hall–Kier alpha value is -3.96. The molecule has 5 rings (SSSR count). The first-order valence-electron chi connectivity index (χ1n) is 13.1. The first-order valence-corrected chi connectivity index (χ1v) is 14.0. The Kier molecular flexibility index (Phi) is 9.73. The number of aromatic nitrogens is 2. The van der Waals surface area contributed by atoms with Gasteiger partial charge < -0.3 is 30.6 Å². The molecule has 0 saturated heterocycles. The van der Waals surface area contributed by atoms with E-state index in [1.165, 1.54) is 0 Å². The summed E-state index contributed by atoms with van der Waals surface area (Å²) in [5.41, 5.74) is 11.9. The van der Waals surface area contributed by atoms with Crippen molar-refractivity contribution in [1.29, 1.82) is 0 Å². The fourth-order valence-corrected chi connectivity index (χ4v) is 5.74. The van der Waals surface area contributed by atoms with Crippen molar-refractivity contribution in [2.24, 2.45) is 7.05 Å². The van der Waals surface area contributed by atoms with Gasteiger partial charge in [0, 0.05) is 57.6 Å². The lowest BCUT2D eigenvalue weighted by molar-refractivity contribution is 0.101. The van der Waals surface area contributed by atoms with Crippen molar-refractivity contribution in [3.05, 3.63) is 83.5 Å². The molecule has 0 unspecified atom stereocenters. The summed E-state index contributed by atoms with van der Waals surface area (Å²) in [7, 11) is 1.16. The van der Waals surface area contributed by atoms with Crippen molar-refractivity contribution in [3.63, 3.8) is 0 Å². The van der Waals surface area contributed by atoms with Crippen LogP contribution in [0.4, 0.5) is 11.5 Å². The number of thiophene rings is 1. The lowest BCUT2D eigenvalue weighted by Crippen LogP contribution is -2.22. The third-order valence-electron chi connectivity index (χ3n) is 6.85. The van der Waals surface area contributed by atoms with E-state index in [0.717, 1.165) is 63.0 Å². The van der Waals surface area contributed by atoms with Crippen LogP contribution in [0.3, 0.4) is 0 Å². The third kappa shape index (κ3) is 6.26. The van der Waals surface area contributed by atoms with Crippen molar-refractivity contribution in [1.82, 2.24) is 14.5 Å². The van der Waals surface area contributed by atoms with Crippen molar-refractivity contribution < 1.29 is 14.8 Å². The maximum absolute atomic E-state index is 13.0. The van der Waals surface area contributed by atoms with Crippen LogP contribution in [0.5, 0.6) is 0 Å². The number of carbonyl (C=O) groups excluding carboxylic acids is 1. The Morgan fingerprint density at radius 1 is 1.15 bits per heavy atom. The van der Waals surface area contributed by atoms with Crippen LogP contribution < -0.4 is 11.1 Å². The maximum Gasteiger partial charge on any atom is 0.432 e. The molecule has 0 spiro atoms. The Morgan fingerprint density at radius 2 is 1.85 bits per heavy atom. The molecule has 0 radical (unpaired) electrons. The summed E-state index contributed by atoms with van der Waals surface area (Å²) >= 11 is 1.68. The van der Waals surface area contributed by atoms with E-state index in [1.54, 1.807) is 11.3 Å². The van der Waals surface area contributed by atoms with E-state index in [1.807, 2.05) is 72.4 Å². The molecular formula is C30H34BN5O3S. The quantitative estimate of drug-likeness (QED) is 0.203. The number of nitrogens with one attached hydrogen (secondary N) is 1. The summed E-state index contributed by atoms with van der Waals surface area (Å²) in [4.78, 5) is 19.8. The number of rotatable bonds is 8. The number of hydrogen-bond acceptors (Lipinski definition) is 7. The predicted molar refractivity (Wildman–Crippen MR) is 169 cm³/mol. The van der Waals surface area contributed by atoms with E-state index < -0.39 is 7.69 Å². The normalized spacial score (nSPS) is 11.2. The number of pyridine rings is 1. The summed E-state index contributed by atoms with van der Waals surface area (Å²) in [6, 6.07) is 17.8. The zero-order valence-electron chi connectivity index (χ0n) is 23.0. The molecule has 10 heteroatoms. The number of nitrogen functional groups attached to an aromatic ring is 1. The van der Waals surface area contributed by atoms with Crippen molar-refractivity contribution in [2.45, 2.75) is 13.8 Å². The average Bonchev–Trinajstić information content (AvgIpc) is 3.56. The summed E-state index contributed by atoms with van der Waals surface area (Å²) < 4.78 is 3.05. The Bertz CT molecular complexity index is 1620. The van der Waals surface area contributed by atoms with Gasteiger partial charge in [-0.1, -0.05) is 56.3 Å². The fourth-order valence-electron chi connectivity index (χ4n) is 4.66. The number of anilines is 2. The van der Waals surface area contributed by atoms with E-state index >= 15 is 0 Å². The summed E-state index contributed by atoms with van der Waals surface area (Å²) in [5.74, 6) is 0.391. The summed E-state index contributed by atoms with van der Waals surface area (Å²) in [6.45, 7) is 7.30. The van der Waals surface area contributed by atoms with Crippen LogP contribution >= 0.6 is 11.3 Å². The van der Waals surface area contributed by atoms with Gasteiger partial charge in [0.2, 0.25) is 0 Å². The molecule has 0 bridgehead atoms. The predicted octanol–water partition coefficient (Wildman–Crippen LogP) is 4.88. The van der Waals surface area contributed by atoms with Gasteiger partial charge in [0.25, 0.3) is 5.91 Å². The number of aryl methyl sites for hydroxylation is 1. The van der Waals surface area contributed by atoms with Crippen LogP contribution in [-0.2, 0) is 7.05 Å². The molecular weight excluding hydrogens is 521 g/mol. The molecule has 0 aliphatic rings. The minimum atomic E-state index is -0.750. The minimum absolute atomic E-state index is 0.137. The number of likely N-dealkylation sites (N-methyl/N-ethyl adjacent to an activating group) is 1. The molecule has 206 valence electrons. The lowest BCUT2D eigenvalue weighted by atomic mass is 10.0. The first-order chi connectivity index (χ1) is 19.4.